The normalized spacial score (nSPS) is 10.7. The van der Waals surface area contributed by atoms with Crippen LogP contribution in [0.2, 0.25) is 5.02 Å². The molecule has 1 aromatic carbocycles. The molecule has 0 aliphatic rings. The van der Waals surface area contributed by atoms with Crippen molar-refractivity contribution in [2.45, 2.75) is 6.54 Å². The molecule has 8 nitrogen and oxygen atoms in total. The van der Waals surface area contributed by atoms with Crippen LogP contribution in [-0.4, -0.2) is 24.8 Å². The summed E-state index contributed by atoms with van der Waals surface area (Å²) in [6, 6.07) is 7.11. The molecule has 0 bridgehead atoms. The topological polar surface area (TPSA) is 99.9 Å². The van der Waals surface area contributed by atoms with E-state index in [9.17, 15) is 10.1 Å². The highest BCUT2D eigenvalue weighted by molar-refractivity contribution is 6.33. The summed E-state index contributed by atoms with van der Waals surface area (Å²) in [7, 11) is 0. The van der Waals surface area contributed by atoms with E-state index < -0.39 is 4.92 Å². The molecule has 0 N–H and O–H groups in total. The third kappa shape index (κ3) is 2.75. The average Bonchev–Trinajstić information content (AvgIpc) is 3.09. The van der Waals surface area contributed by atoms with Crippen LogP contribution < -0.4 is 0 Å². The quantitative estimate of drug-likeness (QED) is 0.542. The van der Waals surface area contributed by atoms with Gasteiger partial charge < -0.3 is 4.52 Å². The molecule has 3 aromatic rings. The van der Waals surface area contributed by atoms with Crippen molar-refractivity contribution in [2.24, 2.45) is 0 Å². The maximum Gasteiger partial charge on any atom is 0.307 e. The van der Waals surface area contributed by atoms with Crippen LogP contribution in [-0.2, 0) is 6.54 Å². The number of benzene rings is 1. The monoisotopic (exact) mass is 305 g/mol. The Morgan fingerprint density at radius 3 is 2.90 bits per heavy atom. The highest BCUT2D eigenvalue weighted by Gasteiger charge is 2.14. The third-order valence-corrected chi connectivity index (χ3v) is 3.04. The minimum atomic E-state index is -0.521. The first-order chi connectivity index (χ1) is 10.1. The van der Waals surface area contributed by atoms with E-state index in [1.807, 2.05) is 6.07 Å². The second-order valence-corrected chi connectivity index (χ2v) is 4.55. The van der Waals surface area contributed by atoms with Crippen LogP contribution in [0.3, 0.4) is 0 Å². The lowest BCUT2D eigenvalue weighted by Crippen LogP contribution is -2.00. The van der Waals surface area contributed by atoms with Crippen LogP contribution >= 0.6 is 11.6 Å². The van der Waals surface area contributed by atoms with E-state index in [4.69, 9.17) is 16.1 Å². The fourth-order valence-corrected chi connectivity index (χ4v) is 1.96. The number of aromatic nitrogens is 4. The standard InChI is InChI=1S/C12H8ClN5O3/c13-10-4-2-1-3-9(10)12-15-11(21-16-12)7-17-6-8(5-14-17)18(19)20/h1-6H,7H2. The number of nitrogens with zero attached hydrogens (tertiary/aromatic N) is 5. The van der Waals surface area contributed by atoms with Crippen LogP contribution in [0.1, 0.15) is 5.89 Å². The van der Waals surface area contributed by atoms with Crippen LogP contribution in [0, 0.1) is 10.1 Å². The highest BCUT2D eigenvalue weighted by atomic mass is 35.5. The summed E-state index contributed by atoms with van der Waals surface area (Å²) >= 11 is 6.05. The second kappa shape index (κ2) is 5.33. The van der Waals surface area contributed by atoms with Gasteiger partial charge in [-0.25, -0.2) is 0 Å². The van der Waals surface area contributed by atoms with Crippen LogP contribution in [0.5, 0.6) is 0 Å². The molecule has 0 amide bonds. The molecule has 2 aromatic heterocycles. The third-order valence-electron chi connectivity index (χ3n) is 2.71. The summed E-state index contributed by atoms with van der Waals surface area (Å²) in [5.41, 5.74) is 0.557. The minimum absolute atomic E-state index is 0.0964. The fraction of sp³-hybridized carbons (Fsp3) is 0.0833. The number of hydrogen-bond donors (Lipinski definition) is 0. The summed E-state index contributed by atoms with van der Waals surface area (Å²) in [4.78, 5) is 14.3. The zero-order valence-corrected chi connectivity index (χ0v) is 11.3. The molecule has 0 unspecified atom stereocenters. The van der Waals surface area contributed by atoms with E-state index in [1.165, 1.54) is 10.9 Å². The van der Waals surface area contributed by atoms with Gasteiger partial charge in [0.2, 0.25) is 11.7 Å². The lowest BCUT2D eigenvalue weighted by Gasteiger charge is -1.96. The van der Waals surface area contributed by atoms with Crippen LogP contribution in [0.4, 0.5) is 5.69 Å². The van der Waals surface area contributed by atoms with Crippen LogP contribution in [0.15, 0.2) is 41.2 Å². The maximum atomic E-state index is 10.6. The zero-order valence-electron chi connectivity index (χ0n) is 10.5. The van der Waals surface area contributed by atoms with Gasteiger partial charge in [0.05, 0.1) is 9.95 Å². The largest absolute Gasteiger partial charge is 0.337 e. The van der Waals surface area contributed by atoms with Crippen molar-refractivity contribution in [3.8, 4) is 11.4 Å². The lowest BCUT2D eigenvalue weighted by atomic mass is 10.2. The van der Waals surface area contributed by atoms with Gasteiger partial charge in [0.15, 0.2) is 0 Å². The number of hydrogen-bond acceptors (Lipinski definition) is 6. The zero-order chi connectivity index (χ0) is 14.8. The lowest BCUT2D eigenvalue weighted by molar-refractivity contribution is -0.385. The van der Waals surface area contributed by atoms with E-state index in [1.54, 1.807) is 18.2 Å². The molecule has 21 heavy (non-hydrogen) atoms. The Morgan fingerprint density at radius 2 is 2.19 bits per heavy atom. The smallest absolute Gasteiger partial charge is 0.307 e. The Bertz CT molecular complexity index is 798. The van der Waals surface area contributed by atoms with Gasteiger partial charge >= 0.3 is 5.69 Å². The van der Waals surface area contributed by atoms with E-state index in [0.717, 1.165) is 6.20 Å². The van der Waals surface area contributed by atoms with Crippen molar-refractivity contribution in [1.82, 2.24) is 19.9 Å². The van der Waals surface area contributed by atoms with Crippen LogP contribution in [0.25, 0.3) is 11.4 Å². The molecule has 0 saturated heterocycles. The summed E-state index contributed by atoms with van der Waals surface area (Å²) in [5.74, 6) is 0.639. The maximum absolute atomic E-state index is 10.6. The van der Waals surface area contributed by atoms with Crippen molar-refractivity contribution >= 4 is 17.3 Å². The summed E-state index contributed by atoms with van der Waals surface area (Å²) in [6.45, 7) is 0.144. The predicted octanol–water partition coefficient (Wildman–Crippen LogP) is 2.54. The molecule has 0 atom stereocenters. The molecule has 0 spiro atoms. The molecule has 2 heterocycles. The molecule has 0 aliphatic heterocycles. The Labute approximate surface area is 123 Å². The molecule has 0 aliphatic carbocycles. The molecule has 106 valence electrons. The molecule has 0 radical (unpaired) electrons. The second-order valence-electron chi connectivity index (χ2n) is 4.14. The van der Waals surface area contributed by atoms with Crippen molar-refractivity contribution < 1.29 is 9.45 Å². The van der Waals surface area contributed by atoms with Gasteiger partial charge in [-0.15, -0.1) is 0 Å². The number of rotatable bonds is 4. The highest BCUT2D eigenvalue weighted by Crippen LogP contribution is 2.25. The Kier molecular flexibility index (Phi) is 3.36. The van der Waals surface area contributed by atoms with E-state index in [-0.39, 0.29) is 18.1 Å². The van der Waals surface area contributed by atoms with Crippen molar-refractivity contribution in [2.75, 3.05) is 0 Å². The first kappa shape index (κ1) is 13.3. The van der Waals surface area contributed by atoms with Gasteiger partial charge in [-0.05, 0) is 12.1 Å². The van der Waals surface area contributed by atoms with Crippen molar-refractivity contribution in [3.63, 3.8) is 0 Å². The number of nitro groups is 1. The Hall–Kier alpha value is -2.74. The van der Waals surface area contributed by atoms with Gasteiger partial charge in [-0.2, -0.15) is 10.1 Å². The van der Waals surface area contributed by atoms with Gasteiger partial charge in [0, 0.05) is 5.56 Å². The van der Waals surface area contributed by atoms with Gasteiger partial charge in [-0.3, -0.25) is 14.8 Å². The van der Waals surface area contributed by atoms with Gasteiger partial charge in [-0.1, -0.05) is 28.9 Å². The summed E-state index contributed by atoms with van der Waals surface area (Å²) < 4.78 is 6.45. The van der Waals surface area contributed by atoms with E-state index in [2.05, 4.69) is 15.2 Å². The first-order valence-corrected chi connectivity index (χ1v) is 6.25. The molecule has 9 heteroatoms. The van der Waals surface area contributed by atoms with E-state index >= 15 is 0 Å². The average molecular weight is 306 g/mol. The molecular weight excluding hydrogens is 298 g/mol. The first-order valence-electron chi connectivity index (χ1n) is 5.88. The van der Waals surface area contributed by atoms with Crippen molar-refractivity contribution in [3.05, 3.63) is 57.7 Å². The van der Waals surface area contributed by atoms with Gasteiger partial charge in [0.1, 0.15) is 18.9 Å². The fourth-order valence-electron chi connectivity index (χ4n) is 1.74. The Balaban J connectivity index is 1.82. The molecular formula is C12H8ClN5O3. The van der Waals surface area contributed by atoms with E-state index in [0.29, 0.717) is 16.4 Å². The molecule has 0 fully saturated rings. The van der Waals surface area contributed by atoms with Crippen molar-refractivity contribution in [1.29, 1.82) is 0 Å². The molecule has 0 saturated carbocycles. The predicted molar refractivity (Wildman–Crippen MR) is 72.7 cm³/mol. The Morgan fingerprint density at radius 1 is 1.38 bits per heavy atom. The van der Waals surface area contributed by atoms with Gasteiger partial charge in [0.25, 0.3) is 0 Å². The summed E-state index contributed by atoms with van der Waals surface area (Å²) in [5, 5.41) is 18.8. The SMILES string of the molecule is O=[N+]([O-])c1cnn(Cc2nc(-c3ccccc3Cl)no2)c1. The number of halogens is 1. The molecule has 3 rings (SSSR count). The minimum Gasteiger partial charge on any atom is -0.337 e. The summed E-state index contributed by atoms with van der Waals surface area (Å²) in [6.07, 6.45) is 2.45.